The Labute approximate surface area is 225 Å². The molecule has 0 unspecified atom stereocenters. The van der Waals surface area contributed by atoms with Gasteiger partial charge in [-0.25, -0.2) is 4.98 Å². The molecule has 0 fully saturated rings. The Bertz CT molecular complexity index is 1120. The third kappa shape index (κ3) is 9.04. The number of rotatable bonds is 5. The molecule has 2 N–H and O–H groups in total. The number of benzene rings is 1. The molecule has 9 heteroatoms. The van der Waals surface area contributed by atoms with Crippen LogP contribution in [0.4, 0.5) is 0 Å². The fraction of sp³-hybridized carbons (Fsp3) is 0.517. The number of nitrogens with zero attached hydrogens (tertiary/aromatic N) is 3. The molecule has 2 aromatic rings. The van der Waals surface area contributed by atoms with Gasteiger partial charge in [0.15, 0.2) is 0 Å². The van der Waals surface area contributed by atoms with Gasteiger partial charge in [0.25, 0.3) is 0 Å². The lowest BCUT2D eigenvalue weighted by molar-refractivity contribution is -0.137. The predicted molar refractivity (Wildman–Crippen MR) is 147 cm³/mol. The highest BCUT2D eigenvalue weighted by Crippen LogP contribution is 2.23. The summed E-state index contributed by atoms with van der Waals surface area (Å²) in [5.41, 5.74) is 2.07. The minimum atomic E-state index is -0.675. The van der Waals surface area contributed by atoms with Gasteiger partial charge in [-0.1, -0.05) is 37.6 Å². The number of allylic oxidation sites excluding steroid dienone is 2. The van der Waals surface area contributed by atoms with Crippen LogP contribution in [0, 0.1) is 5.92 Å². The smallest absolute Gasteiger partial charge is 0.242 e. The first kappa shape index (κ1) is 28.9. The van der Waals surface area contributed by atoms with Gasteiger partial charge in [0, 0.05) is 44.0 Å². The van der Waals surface area contributed by atoms with Crippen LogP contribution in [-0.4, -0.2) is 64.5 Å². The molecular formula is C29H41N5O4. The van der Waals surface area contributed by atoms with E-state index in [1.165, 1.54) is 0 Å². The molecule has 0 aliphatic carbocycles. The van der Waals surface area contributed by atoms with Gasteiger partial charge >= 0.3 is 0 Å². The van der Waals surface area contributed by atoms with Gasteiger partial charge in [-0.2, -0.15) is 0 Å². The first-order valence-electron chi connectivity index (χ1n) is 13.5. The zero-order valence-corrected chi connectivity index (χ0v) is 23.0. The number of carbonyl (C=O) groups is 3. The number of carbonyl (C=O) groups excluding carboxylic acids is 3. The van der Waals surface area contributed by atoms with Crippen molar-refractivity contribution in [3.05, 3.63) is 48.3 Å². The Kier molecular flexibility index (Phi) is 10.9. The highest BCUT2D eigenvalue weighted by atomic mass is 16.5. The fourth-order valence-corrected chi connectivity index (χ4v) is 4.39. The van der Waals surface area contributed by atoms with Gasteiger partial charge in [-0.15, -0.1) is 0 Å². The highest BCUT2D eigenvalue weighted by molar-refractivity contribution is 5.90. The molecule has 1 aromatic heterocycles. The third-order valence-electron chi connectivity index (χ3n) is 6.26. The molecule has 0 saturated carbocycles. The average molecular weight is 524 g/mol. The summed E-state index contributed by atoms with van der Waals surface area (Å²) in [6.07, 6.45) is 7.65. The Morgan fingerprint density at radius 1 is 1.24 bits per heavy atom. The maximum Gasteiger partial charge on any atom is 0.242 e. The van der Waals surface area contributed by atoms with Crippen molar-refractivity contribution in [2.75, 3.05) is 26.2 Å². The van der Waals surface area contributed by atoms with Gasteiger partial charge < -0.3 is 24.8 Å². The molecule has 2 heterocycles. The summed E-state index contributed by atoms with van der Waals surface area (Å²) in [7, 11) is 0. The largest absolute Gasteiger partial charge is 0.494 e. The lowest BCUT2D eigenvalue weighted by atomic mass is 10.0. The number of amides is 3. The lowest BCUT2D eigenvalue weighted by Gasteiger charge is -2.25. The predicted octanol–water partition coefficient (Wildman–Crippen LogP) is 3.55. The van der Waals surface area contributed by atoms with E-state index in [0.717, 1.165) is 17.0 Å². The van der Waals surface area contributed by atoms with Crippen molar-refractivity contribution in [3.8, 4) is 17.1 Å². The molecule has 1 aromatic carbocycles. The van der Waals surface area contributed by atoms with Gasteiger partial charge in [0.2, 0.25) is 17.7 Å². The van der Waals surface area contributed by atoms with Crippen LogP contribution in [0.5, 0.6) is 5.75 Å². The molecule has 0 radical (unpaired) electrons. The van der Waals surface area contributed by atoms with Crippen molar-refractivity contribution in [2.45, 2.75) is 66.0 Å². The number of hydrogen-bond acceptors (Lipinski definition) is 5. The number of hydrogen-bond donors (Lipinski definition) is 2. The van der Waals surface area contributed by atoms with E-state index < -0.39 is 6.04 Å². The van der Waals surface area contributed by atoms with Crippen LogP contribution < -0.4 is 15.4 Å². The van der Waals surface area contributed by atoms with E-state index in [1.807, 2.05) is 68.8 Å². The number of imidazole rings is 1. The van der Waals surface area contributed by atoms with Crippen molar-refractivity contribution in [3.63, 3.8) is 0 Å². The topological polar surface area (TPSA) is 106 Å². The molecule has 3 rings (SSSR count). The summed E-state index contributed by atoms with van der Waals surface area (Å²) in [6, 6.07) is 7.05. The van der Waals surface area contributed by atoms with Gasteiger partial charge in [0.05, 0.1) is 13.2 Å². The maximum atomic E-state index is 13.0. The quantitative estimate of drug-likeness (QED) is 0.583. The Hall–Kier alpha value is -3.62. The third-order valence-corrected chi connectivity index (χ3v) is 6.26. The van der Waals surface area contributed by atoms with E-state index in [-0.39, 0.29) is 30.2 Å². The summed E-state index contributed by atoms with van der Waals surface area (Å²) in [5, 5.41) is 5.83. The Morgan fingerprint density at radius 3 is 2.82 bits per heavy atom. The van der Waals surface area contributed by atoms with Crippen LogP contribution >= 0.6 is 0 Å². The van der Waals surface area contributed by atoms with Crippen LogP contribution in [0.3, 0.4) is 0 Å². The standard InChI is InChI=1S/C29H41N5O4/c1-21(2)8-5-11-27(36)34-14-7-17-38-24-10-6-9-23(19-24)28-30-12-15-33(28)16-13-31-29(37)25(18-22(3)4)32-26(35)20-34/h6,8-10,12,15,19,22,25H,5,7,11,13-14,16-18,20H2,1-4H3,(H,31,37)(H,32,35)/t25-/m1/s1. The second kappa shape index (κ2) is 14.4. The number of aromatic nitrogens is 2. The molecule has 2 bridgehead atoms. The Morgan fingerprint density at radius 2 is 2.05 bits per heavy atom. The number of nitrogens with one attached hydrogen (secondary N) is 2. The summed E-state index contributed by atoms with van der Waals surface area (Å²) in [5.74, 6) is 1.04. The zero-order chi connectivity index (χ0) is 27.5. The molecule has 38 heavy (non-hydrogen) atoms. The van der Waals surface area contributed by atoms with E-state index in [0.29, 0.717) is 57.7 Å². The maximum absolute atomic E-state index is 13.0. The highest BCUT2D eigenvalue weighted by Gasteiger charge is 2.24. The van der Waals surface area contributed by atoms with Crippen LogP contribution in [0.15, 0.2) is 48.3 Å². The second-order valence-corrected chi connectivity index (χ2v) is 10.4. The van der Waals surface area contributed by atoms with Crippen molar-refractivity contribution in [1.82, 2.24) is 25.1 Å². The lowest BCUT2D eigenvalue weighted by Crippen LogP contribution is -2.51. The molecule has 3 amide bonds. The molecule has 1 aliphatic heterocycles. The SMILES string of the molecule is CC(C)=CCCC(=O)N1CCCOc2cccc(c2)-c2nccn2CCNC(=O)[C@@H](CC(C)C)NC(=O)C1. The summed E-state index contributed by atoms with van der Waals surface area (Å²) >= 11 is 0. The summed E-state index contributed by atoms with van der Waals surface area (Å²) < 4.78 is 7.97. The number of fused-ring (bicyclic) bond motifs is 4. The van der Waals surface area contributed by atoms with E-state index in [4.69, 9.17) is 4.74 Å². The molecule has 0 saturated heterocycles. The number of ether oxygens (including phenoxy) is 1. The molecule has 9 nitrogen and oxygen atoms in total. The molecule has 1 aliphatic rings. The molecule has 206 valence electrons. The first-order chi connectivity index (χ1) is 18.2. The van der Waals surface area contributed by atoms with Crippen molar-refractivity contribution in [2.24, 2.45) is 5.92 Å². The summed E-state index contributed by atoms with van der Waals surface area (Å²) in [6.45, 7) is 9.61. The minimum absolute atomic E-state index is 0.0919. The molecular weight excluding hydrogens is 482 g/mol. The van der Waals surface area contributed by atoms with Gasteiger partial charge in [-0.05, 0) is 51.2 Å². The normalized spacial score (nSPS) is 17.4. The second-order valence-electron chi connectivity index (χ2n) is 10.4. The van der Waals surface area contributed by atoms with E-state index in [2.05, 4.69) is 15.6 Å². The van der Waals surface area contributed by atoms with E-state index in [9.17, 15) is 14.4 Å². The van der Waals surface area contributed by atoms with Crippen LogP contribution in [-0.2, 0) is 20.9 Å². The van der Waals surface area contributed by atoms with E-state index in [1.54, 1.807) is 11.1 Å². The average Bonchev–Trinajstić information content (AvgIpc) is 3.33. The monoisotopic (exact) mass is 523 g/mol. The zero-order valence-electron chi connectivity index (χ0n) is 23.0. The van der Waals surface area contributed by atoms with Crippen molar-refractivity contribution in [1.29, 1.82) is 0 Å². The molecule has 1 atom stereocenters. The van der Waals surface area contributed by atoms with Gasteiger partial charge in [-0.3, -0.25) is 14.4 Å². The summed E-state index contributed by atoms with van der Waals surface area (Å²) in [4.78, 5) is 45.1. The van der Waals surface area contributed by atoms with Crippen molar-refractivity contribution < 1.29 is 19.1 Å². The van der Waals surface area contributed by atoms with Crippen LogP contribution in [0.25, 0.3) is 11.4 Å². The minimum Gasteiger partial charge on any atom is -0.494 e. The van der Waals surface area contributed by atoms with E-state index >= 15 is 0 Å². The van der Waals surface area contributed by atoms with Crippen LogP contribution in [0.2, 0.25) is 0 Å². The van der Waals surface area contributed by atoms with Crippen molar-refractivity contribution >= 4 is 17.7 Å². The molecule has 0 spiro atoms. The first-order valence-corrected chi connectivity index (χ1v) is 13.5. The van der Waals surface area contributed by atoms with Crippen LogP contribution in [0.1, 0.15) is 53.4 Å². The Balaban J connectivity index is 1.81. The fourth-order valence-electron chi connectivity index (χ4n) is 4.39. The van der Waals surface area contributed by atoms with Gasteiger partial charge in [0.1, 0.15) is 17.6 Å².